The van der Waals surface area contributed by atoms with Crippen molar-refractivity contribution in [2.45, 2.75) is 64.6 Å². The van der Waals surface area contributed by atoms with E-state index < -0.39 is 0 Å². The van der Waals surface area contributed by atoms with E-state index in [0.29, 0.717) is 19.0 Å². The zero-order chi connectivity index (χ0) is 17.4. The molecule has 0 unspecified atom stereocenters. The molecule has 1 saturated heterocycles. The second-order valence-electron chi connectivity index (χ2n) is 7.17. The predicted molar refractivity (Wildman–Crippen MR) is 90.7 cm³/mol. The summed E-state index contributed by atoms with van der Waals surface area (Å²) in [5.41, 5.74) is 3.31. The number of nitrogens with zero attached hydrogens (tertiary/aromatic N) is 3. The second kappa shape index (κ2) is 6.45. The highest BCUT2D eigenvalue weighted by Gasteiger charge is 2.39. The van der Waals surface area contributed by atoms with Crippen LogP contribution in [0, 0.1) is 13.8 Å². The first-order valence-electron chi connectivity index (χ1n) is 8.70. The first-order valence-corrected chi connectivity index (χ1v) is 8.70. The molecule has 1 aromatic rings. The molecule has 7 nitrogen and oxygen atoms in total. The molecule has 0 aromatic carbocycles. The highest BCUT2D eigenvalue weighted by Crippen LogP contribution is 2.30. The number of nitrogens with one attached hydrogen (secondary N) is 2. The van der Waals surface area contributed by atoms with Crippen molar-refractivity contribution in [3.05, 3.63) is 17.0 Å². The summed E-state index contributed by atoms with van der Waals surface area (Å²) in [5.74, 6) is 0.164. The lowest BCUT2D eigenvalue weighted by Gasteiger charge is -2.19. The fourth-order valence-electron chi connectivity index (χ4n) is 3.49. The van der Waals surface area contributed by atoms with Gasteiger partial charge in [0, 0.05) is 37.8 Å². The van der Waals surface area contributed by atoms with Crippen molar-refractivity contribution in [3.8, 4) is 0 Å². The molecule has 3 amide bonds. The van der Waals surface area contributed by atoms with E-state index in [4.69, 9.17) is 0 Å². The third kappa shape index (κ3) is 3.55. The zero-order valence-electron chi connectivity index (χ0n) is 14.9. The van der Waals surface area contributed by atoms with E-state index >= 15 is 0 Å². The van der Waals surface area contributed by atoms with Gasteiger partial charge in [-0.1, -0.05) is 0 Å². The largest absolute Gasteiger partial charge is 0.338 e. The fourth-order valence-corrected chi connectivity index (χ4v) is 3.49. The monoisotopic (exact) mass is 333 g/mol. The number of amides is 3. The summed E-state index contributed by atoms with van der Waals surface area (Å²) in [6.07, 6.45) is 3.37. The van der Waals surface area contributed by atoms with Crippen LogP contribution in [0.3, 0.4) is 0 Å². The maximum absolute atomic E-state index is 12.2. The number of aryl methyl sites for hydroxylation is 2. The summed E-state index contributed by atoms with van der Waals surface area (Å²) in [6.45, 7) is 6.67. The normalized spacial score (nSPS) is 21.9. The molecule has 3 rings (SSSR count). The molecule has 2 N–H and O–H groups in total. The van der Waals surface area contributed by atoms with Crippen LogP contribution in [0.5, 0.6) is 0 Å². The number of urea groups is 1. The van der Waals surface area contributed by atoms with Gasteiger partial charge in [-0.3, -0.25) is 9.48 Å². The smallest absolute Gasteiger partial charge is 0.315 e. The Morgan fingerprint density at radius 1 is 1.38 bits per heavy atom. The number of aromatic nitrogens is 2. The van der Waals surface area contributed by atoms with Crippen molar-refractivity contribution in [1.29, 1.82) is 0 Å². The van der Waals surface area contributed by atoms with Crippen molar-refractivity contribution in [1.82, 2.24) is 25.3 Å². The van der Waals surface area contributed by atoms with Gasteiger partial charge in [-0.15, -0.1) is 0 Å². The average Bonchev–Trinajstić information content (AvgIpc) is 3.23. The van der Waals surface area contributed by atoms with Gasteiger partial charge in [-0.25, -0.2) is 4.79 Å². The third-order valence-corrected chi connectivity index (χ3v) is 5.03. The third-order valence-electron chi connectivity index (χ3n) is 5.03. The Kier molecular flexibility index (Phi) is 4.51. The van der Waals surface area contributed by atoms with Crippen molar-refractivity contribution >= 4 is 11.9 Å². The summed E-state index contributed by atoms with van der Waals surface area (Å²) < 4.78 is 1.87. The van der Waals surface area contributed by atoms with Crippen molar-refractivity contribution in [2.24, 2.45) is 7.05 Å². The molecule has 2 atom stereocenters. The number of hydrogen-bond donors (Lipinski definition) is 2. The van der Waals surface area contributed by atoms with Gasteiger partial charge in [-0.05, 0) is 45.6 Å². The van der Waals surface area contributed by atoms with Crippen LogP contribution in [-0.2, 0) is 18.3 Å². The van der Waals surface area contributed by atoms with Crippen molar-refractivity contribution in [2.75, 3.05) is 6.54 Å². The molecule has 0 bridgehead atoms. The van der Waals surface area contributed by atoms with E-state index in [2.05, 4.69) is 15.7 Å². The Morgan fingerprint density at radius 3 is 2.67 bits per heavy atom. The number of likely N-dealkylation sites (tertiary alicyclic amines) is 1. The maximum Gasteiger partial charge on any atom is 0.315 e. The molecule has 0 spiro atoms. The predicted octanol–water partition coefficient (Wildman–Crippen LogP) is 1.03. The molecule has 2 aliphatic rings. The quantitative estimate of drug-likeness (QED) is 0.845. The minimum Gasteiger partial charge on any atom is -0.338 e. The Labute approximate surface area is 142 Å². The van der Waals surface area contributed by atoms with Crippen LogP contribution in [-0.4, -0.2) is 51.3 Å². The molecule has 1 aliphatic heterocycles. The van der Waals surface area contributed by atoms with Gasteiger partial charge < -0.3 is 15.5 Å². The first-order chi connectivity index (χ1) is 11.3. The van der Waals surface area contributed by atoms with Crippen LogP contribution in [0.15, 0.2) is 0 Å². The molecule has 1 aromatic heterocycles. The molecular weight excluding hydrogens is 306 g/mol. The minimum absolute atomic E-state index is 0.00300. The Morgan fingerprint density at radius 2 is 2.08 bits per heavy atom. The summed E-state index contributed by atoms with van der Waals surface area (Å²) in [4.78, 5) is 26.0. The summed E-state index contributed by atoms with van der Waals surface area (Å²) in [5, 5.41) is 10.3. The number of carbonyl (C=O) groups is 2. The average molecular weight is 333 g/mol. The van der Waals surface area contributed by atoms with E-state index in [1.807, 2.05) is 37.4 Å². The highest BCUT2D eigenvalue weighted by molar-refractivity contribution is 5.82. The van der Waals surface area contributed by atoms with E-state index in [-0.39, 0.29) is 24.0 Å². The molecule has 132 valence electrons. The maximum atomic E-state index is 12.2. The van der Waals surface area contributed by atoms with Crippen LogP contribution in [0.1, 0.15) is 43.1 Å². The van der Waals surface area contributed by atoms with E-state index in [1.54, 1.807) is 0 Å². The van der Waals surface area contributed by atoms with Gasteiger partial charge >= 0.3 is 6.03 Å². The van der Waals surface area contributed by atoms with Crippen LogP contribution in [0.4, 0.5) is 4.79 Å². The fraction of sp³-hybridized carbons (Fsp3) is 0.706. The summed E-state index contributed by atoms with van der Waals surface area (Å²) >= 11 is 0. The Hall–Kier alpha value is -2.05. The van der Waals surface area contributed by atoms with Crippen LogP contribution < -0.4 is 10.6 Å². The molecule has 7 heteroatoms. The van der Waals surface area contributed by atoms with Gasteiger partial charge in [0.05, 0.1) is 11.7 Å². The number of hydrogen-bond acceptors (Lipinski definition) is 3. The first kappa shape index (κ1) is 16.8. The molecule has 2 fully saturated rings. The molecule has 2 heterocycles. The number of rotatable bonds is 5. The standard InChI is InChI=1S/C17H27N5O2/c1-10(7-15-11(2)20-21(4)12(15)3)18-17(24)19-13-8-16(23)22(9-13)14-5-6-14/h10,13-14H,5-9H2,1-4H3,(H2,18,19,24)/t10-,13+/m0/s1. The van der Waals surface area contributed by atoms with Gasteiger partial charge in [0.1, 0.15) is 0 Å². The van der Waals surface area contributed by atoms with Gasteiger partial charge in [0.2, 0.25) is 5.91 Å². The topological polar surface area (TPSA) is 79.3 Å². The second-order valence-corrected chi connectivity index (χ2v) is 7.17. The minimum atomic E-state index is -0.197. The highest BCUT2D eigenvalue weighted by atomic mass is 16.2. The molecule has 1 aliphatic carbocycles. The van der Waals surface area contributed by atoms with Crippen LogP contribution >= 0.6 is 0 Å². The van der Waals surface area contributed by atoms with Crippen molar-refractivity contribution in [3.63, 3.8) is 0 Å². The Balaban J connectivity index is 1.48. The lowest BCUT2D eigenvalue weighted by atomic mass is 10.1. The van der Waals surface area contributed by atoms with E-state index in [0.717, 1.165) is 30.7 Å². The Bertz CT molecular complexity index is 650. The van der Waals surface area contributed by atoms with E-state index in [1.165, 1.54) is 5.56 Å². The van der Waals surface area contributed by atoms with Crippen LogP contribution in [0.2, 0.25) is 0 Å². The molecule has 0 radical (unpaired) electrons. The van der Waals surface area contributed by atoms with Crippen molar-refractivity contribution < 1.29 is 9.59 Å². The summed E-state index contributed by atoms with van der Waals surface area (Å²) in [7, 11) is 1.93. The SMILES string of the molecule is Cc1nn(C)c(C)c1C[C@H](C)NC(=O)N[C@@H]1CC(=O)N(C2CC2)C1. The van der Waals surface area contributed by atoms with Gasteiger partial charge in [0.25, 0.3) is 0 Å². The van der Waals surface area contributed by atoms with Crippen LogP contribution in [0.25, 0.3) is 0 Å². The molecule has 24 heavy (non-hydrogen) atoms. The molecule has 1 saturated carbocycles. The van der Waals surface area contributed by atoms with Gasteiger partial charge in [-0.2, -0.15) is 5.10 Å². The molecular formula is C17H27N5O2. The zero-order valence-corrected chi connectivity index (χ0v) is 14.9. The summed E-state index contributed by atoms with van der Waals surface area (Å²) in [6, 6.07) is 0.148. The van der Waals surface area contributed by atoms with Gasteiger partial charge in [0.15, 0.2) is 0 Å². The number of carbonyl (C=O) groups excluding carboxylic acids is 2. The lowest BCUT2D eigenvalue weighted by Crippen LogP contribution is -2.47. The van der Waals surface area contributed by atoms with E-state index in [9.17, 15) is 9.59 Å². The lowest BCUT2D eigenvalue weighted by molar-refractivity contribution is -0.128.